The molecule has 17 heavy (non-hydrogen) atoms. The number of rotatable bonds is 2. The summed E-state index contributed by atoms with van der Waals surface area (Å²) in [6.45, 7) is -0.201. The van der Waals surface area contributed by atoms with E-state index in [1.807, 2.05) is 0 Å². The minimum absolute atomic E-state index is 0.0693. The molecule has 6 heteroatoms. The van der Waals surface area contributed by atoms with E-state index in [-0.39, 0.29) is 17.3 Å². The van der Waals surface area contributed by atoms with Crippen LogP contribution in [0.3, 0.4) is 0 Å². The topological polar surface area (TPSA) is 66.8 Å². The van der Waals surface area contributed by atoms with Crippen LogP contribution in [0.25, 0.3) is 0 Å². The van der Waals surface area contributed by atoms with Gasteiger partial charge in [0.25, 0.3) is 0 Å². The van der Waals surface area contributed by atoms with Gasteiger partial charge in [-0.3, -0.25) is 0 Å². The highest BCUT2D eigenvalue weighted by atomic mass is 32.2. The van der Waals surface area contributed by atoms with Gasteiger partial charge in [0.2, 0.25) is 0 Å². The molecule has 0 bridgehead atoms. The van der Waals surface area contributed by atoms with Gasteiger partial charge < -0.3 is 14.7 Å². The fraction of sp³-hybridized carbons (Fsp3) is 0.455. The SMILES string of the molecule is COc1cccc2c1N(C)C(CO)CS2(=O)=O. The van der Waals surface area contributed by atoms with Crippen LogP contribution in [0.4, 0.5) is 5.69 Å². The molecule has 1 heterocycles. The van der Waals surface area contributed by atoms with Crippen molar-refractivity contribution in [2.45, 2.75) is 10.9 Å². The molecular formula is C11H15NO4S. The maximum atomic E-state index is 12.1. The second kappa shape index (κ2) is 4.19. The van der Waals surface area contributed by atoms with E-state index in [0.29, 0.717) is 11.4 Å². The Morgan fingerprint density at radius 3 is 2.82 bits per heavy atom. The number of aliphatic hydroxyl groups excluding tert-OH is 1. The zero-order valence-electron chi connectivity index (χ0n) is 9.75. The lowest BCUT2D eigenvalue weighted by atomic mass is 10.2. The second-order valence-corrected chi connectivity index (χ2v) is 6.04. The van der Waals surface area contributed by atoms with E-state index in [9.17, 15) is 13.5 Å². The monoisotopic (exact) mass is 257 g/mol. The third kappa shape index (κ3) is 1.87. The zero-order valence-corrected chi connectivity index (χ0v) is 10.6. The predicted molar refractivity (Wildman–Crippen MR) is 64.3 cm³/mol. The van der Waals surface area contributed by atoms with Gasteiger partial charge in [0.15, 0.2) is 9.84 Å². The highest BCUT2D eigenvalue weighted by Crippen LogP contribution is 2.39. The van der Waals surface area contributed by atoms with Crippen LogP contribution in [0.2, 0.25) is 0 Å². The Morgan fingerprint density at radius 1 is 1.53 bits per heavy atom. The van der Waals surface area contributed by atoms with Crippen molar-refractivity contribution in [3.8, 4) is 5.75 Å². The number of para-hydroxylation sites is 1. The summed E-state index contributed by atoms with van der Waals surface area (Å²) in [7, 11) is -0.0910. The number of likely N-dealkylation sites (N-methyl/N-ethyl adjacent to an activating group) is 1. The van der Waals surface area contributed by atoms with Gasteiger partial charge in [0.05, 0.1) is 36.1 Å². The molecule has 1 atom stereocenters. The van der Waals surface area contributed by atoms with E-state index in [0.717, 1.165) is 0 Å². The molecule has 0 amide bonds. The molecule has 94 valence electrons. The van der Waals surface area contributed by atoms with Crippen LogP contribution in [0.15, 0.2) is 23.1 Å². The van der Waals surface area contributed by atoms with E-state index in [2.05, 4.69) is 0 Å². The summed E-state index contributed by atoms with van der Waals surface area (Å²) in [5, 5.41) is 9.24. The third-order valence-electron chi connectivity index (χ3n) is 3.04. The minimum atomic E-state index is -3.35. The molecule has 1 aromatic rings. The van der Waals surface area contributed by atoms with Gasteiger partial charge in [-0.25, -0.2) is 8.42 Å². The number of hydrogen-bond donors (Lipinski definition) is 1. The van der Waals surface area contributed by atoms with Crippen molar-refractivity contribution in [1.82, 2.24) is 0 Å². The van der Waals surface area contributed by atoms with Gasteiger partial charge in [-0.05, 0) is 12.1 Å². The summed E-state index contributed by atoms with van der Waals surface area (Å²) in [6.07, 6.45) is 0. The summed E-state index contributed by atoms with van der Waals surface area (Å²) in [6, 6.07) is 4.51. The highest BCUT2D eigenvalue weighted by molar-refractivity contribution is 7.91. The Hall–Kier alpha value is -1.27. The first kappa shape index (κ1) is 12.2. The lowest BCUT2D eigenvalue weighted by molar-refractivity contribution is 0.268. The van der Waals surface area contributed by atoms with Crippen molar-refractivity contribution in [3.63, 3.8) is 0 Å². The Bertz CT molecular complexity index is 526. The van der Waals surface area contributed by atoms with Crippen LogP contribution in [-0.2, 0) is 9.84 Å². The quantitative estimate of drug-likeness (QED) is 0.824. The second-order valence-electron chi connectivity index (χ2n) is 4.04. The van der Waals surface area contributed by atoms with Gasteiger partial charge in [-0.15, -0.1) is 0 Å². The molecule has 0 radical (unpaired) electrons. The fourth-order valence-corrected chi connectivity index (χ4v) is 3.92. The fourth-order valence-electron chi connectivity index (χ4n) is 2.08. The number of benzene rings is 1. The van der Waals surface area contributed by atoms with Crippen LogP contribution in [0, 0.1) is 0 Å². The van der Waals surface area contributed by atoms with Gasteiger partial charge in [-0.2, -0.15) is 0 Å². The van der Waals surface area contributed by atoms with Crippen molar-refractivity contribution in [3.05, 3.63) is 18.2 Å². The van der Waals surface area contributed by atoms with Gasteiger partial charge in [0, 0.05) is 7.05 Å². The molecule has 1 unspecified atom stereocenters. The van der Waals surface area contributed by atoms with Crippen LogP contribution in [0.1, 0.15) is 0 Å². The largest absolute Gasteiger partial charge is 0.495 e. The van der Waals surface area contributed by atoms with E-state index < -0.39 is 15.9 Å². The molecule has 1 aliphatic rings. The molecule has 1 aromatic carbocycles. The number of aliphatic hydroxyl groups is 1. The number of ether oxygens (including phenoxy) is 1. The molecule has 2 rings (SSSR count). The smallest absolute Gasteiger partial charge is 0.182 e. The number of anilines is 1. The van der Waals surface area contributed by atoms with Crippen LogP contribution < -0.4 is 9.64 Å². The first-order chi connectivity index (χ1) is 8.01. The summed E-state index contributed by atoms with van der Waals surface area (Å²) >= 11 is 0. The predicted octanol–water partition coefficient (Wildman–Crippen LogP) is 0.280. The molecule has 0 spiro atoms. The molecule has 0 saturated carbocycles. The first-order valence-electron chi connectivity index (χ1n) is 5.24. The molecule has 1 N–H and O–H groups in total. The van der Waals surface area contributed by atoms with E-state index in [4.69, 9.17) is 4.74 Å². The van der Waals surface area contributed by atoms with Gasteiger partial charge >= 0.3 is 0 Å². The first-order valence-corrected chi connectivity index (χ1v) is 6.90. The number of hydrogen-bond acceptors (Lipinski definition) is 5. The van der Waals surface area contributed by atoms with E-state index in [1.165, 1.54) is 7.11 Å². The van der Waals surface area contributed by atoms with Crippen molar-refractivity contribution in [1.29, 1.82) is 0 Å². The maximum absolute atomic E-state index is 12.1. The van der Waals surface area contributed by atoms with Gasteiger partial charge in [-0.1, -0.05) is 6.07 Å². The van der Waals surface area contributed by atoms with Crippen LogP contribution in [0.5, 0.6) is 5.75 Å². The number of fused-ring (bicyclic) bond motifs is 1. The molecule has 0 aromatic heterocycles. The number of sulfone groups is 1. The van der Waals surface area contributed by atoms with Crippen molar-refractivity contribution >= 4 is 15.5 Å². The number of methoxy groups -OCH3 is 1. The molecule has 5 nitrogen and oxygen atoms in total. The van der Waals surface area contributed by atoms with Crippen LogP contribution in [-0.4, -0.2) is 46.1 Å². The lowest BCUT2D eigenvalue weighted by Crippen LogP contribution is -2.44. The lowest BCUT2D eigenvalue weighted by Gasteiger charge is -2.35. The third-order valence-corrected chi connectivity index (χ3v) is 4.86. The normalized spacial score (nSPS) is 22.1. The highest BCUT2D eigenvalue weighted by Gasteiger charge is 2.35. The maximum Gasteiger partial charge on any atom is 0.182 e. The molecular weight excluding hydrogens is 242 g/mol. The summed E-state index contributed by atoms with van der Waals surface area (Å²) < 4.78 is 29.3. The standard InChI is InChI=1S/C11H15NO4S/c1-12-8(6-13)7-17(14,15)10-5-3-4-9(16-2)11(10)12/h3-5,8,13H,6-7H2,1-2H3. The summed E-state index contributed by atoms with van der Waals surface area (Å²) in [4.78, 5) is 2.03. The minimum Gasteiger partial charge on any atom is -0.495 e. The summed E-state index contributed by atoms with van der Waals surface area (Å²) in [5.74, 6) is 0.437. The number of nitrogens with zero attached hydrogens (tertiary/aromatic N) is 1. The van der Waals surface area contributed by atoms with E-state index >= 15 is 0 Å². The Kier molecular flexibility index (Phi) is 3.01. The Labute approximate surface area is 101 Å². The van der Waals surface area contributed by atoms with Crippen molar-refractivity contribution in [2.24, 2.45) is 0 Å². The summed E-state index contributed by atoms with van der Waals surface area (Å²) in [5.41, 5.74) is 0.528. The average molecular weight is 257 g/mol. The van der Waals surface area contributed by atoms with Crippen molar-refractivity contribution in [2.75, 3.05) is 31.4 Å². The molecule has 0 aliphatic carbocycles. The molecule has 0 fully saturated rings. The van der Waals surface area contributed by atoms with E-state index in [1.54, 1.807) is 30.1 Å². The molecule has 0 saturated heterocycles. The molecule has 1 aliphatic heterocycles. The Balaban J connectivity index is 2.68. The zero-order chi connectivity index (χ0) is 12.6. The van der Waals surface area contributed by atoms with Crippen molar-refractivity contribution < 1.29 is 18.3 Å². The Morgan fingerprint density at radius 2 is 2.24 bits per heavy atom. The average Bonchev–Trinajstić information content (AvgIpc) is 2.33. The van der Waals surface area contributed by atoms with Gasteiger partial charge in [0.1, 0.15) is 5.75 Å². The van der Waals surface area contributed by atoms with Crippen LogP contribution >= 0.6 is 0 Å².